The highest BCUT2D eigenvalue weighted by atomic mass is 32.1. The maximum atomic E-state index is 13.8. The first-order chi connectivity index (χ1) is 16.5. The van der Waals surface area contributed by atoms with Gasteiger partial charge in [0.15, 0.2) is 10.8 Å². The highest BCUT2D eigenvalue weighted by Crippen LogP contribution is 2.34. The minimum Gasteiger partial charge on any atom is -0.497 e. The molecule has 9 heteroatoms. The van der Waals surface area contributed by atoms with Gasteiger partial charge in [0.1, 0.15) is 11.6 Å². The van der Waals surface area contributed by atoms with E-state index in [2.05, 4.69) is 15.3 Å². The number of piperidine rings is 1. The van der Waals surface area contributed by atoms with Crippen molar-refractivity contribution in [2.75, 3.05) is 25.1 Å². The molecule has 0 bridgehead atoms. The van der Waals surface area contributed by atoms with Crippen LogP contribution in [0.5, 0.6) is 5.75 Å². The molecule has 1 unspecified atom stereocenters. The zero-order valence-corrected chi connectivity index (χ0v) is 19.9. The van der Waals surface area contributed by atoms with Crippen LogP contribution in [-0.2, 0) is 11.3 Å². The summed E-state index contributed by atoms with van der Waals surface area (Å²) in [6, 6.07) is 14.0. The van der Waals surface area contributed by atoms with Crippen LogP contribution in [0.1, 0.15) is 24.1 Å². The fourth-order valence-corrected chi connectivity index (χ4v) is 5.31. The molecule has 1 amide bonds. The van der Waals surface area contributed by atoms with Crippen molar-refractivity contribution in [3.8, 4) is 11.4 Å². The van der Waals surface area contributed by atoms with Gasteiger partial charge in [-0.25, -0.2) is 9.07 Å². The van der Waals surface area contributed by atoms with Gasteiger partial charge in [-0.2, -0.15) is 10.1 Å². The second-order valence-corrected chi connectivity index (χ2v) is 9.45. The number of nitrogens with zero attached hydrogens (tertiary/aromatic N) is 4. The number of carbonyl (C=O) groups excluding carboxylic acids is 1. The average molecular weight is 480 g/mol. The molecule has 1 saturated heterocycles. The molecule has 7 nitrogen and oxygen atoms in total. The number of fused-ring (bicyclic) bond motifs is 1. The van der Waals surface area contributed by atoms with Gasteiger partial charge in [0, 0.05) is 19.6 Å². The Bertz CT molecular complexity index is 1320. The minimum absolute atomic E-state index is 0.0590. The molecule has 1 fully saturated rings. The van der Waals surface area contributed by atoms with Gasteiger partial charge in [-0.1, -0.05) is 29.5 Å². The lowest BCUT2D eigenvalue weighted by Crippen LogP contribution is -2.43. The van der Waals surface area contributed by atoms with Crippen LogP contribution in [0.3, 0.4) is 0 Å². The van der Waals surface area contributed by atoms with Gasteiger partial charge in [0.05, 0.1) is 29.1 Å². The summed E-state index contributed by atoms with van der Waals surface area (Å²) < 4.78 is 21.6. The number of ether oxygens (including phenoxy) is 1. The smallest absolute Gasteiger partial charge is 0.225 e. The van der Waals surface area contributed by atoms with Gasteiger partial charge in [-0.05, 0) is 55.7 Å². The Morgan fingerprint density at radius 3 is 2.85 bits per heavy atom. The summed E-state index contributed by atoms with van der Waals surface area (Å²) in [7, 11) is 1.63. The van der Waals surface area contributed by atoms with Crippen molar-refractivity contribution in [1.82, 2.24) is 20.1 Å². The second-order valence-electron chi connectivity index (χ2n) is 8.48. The number of thiazole rings is 1. The van der Waals surface area contributed by atoms with Gasteiger partial charge in [0.25, 0.3) is 0 Å². The predicted octanol–water partition coefficient (Wildman–Crippen LogP) is 4.47. The van der Waals surface area contributed by atoms with Crippen molar-refractivity contribution in [1.29, 1.82) is 0 Å². The Kier molecular flexibility index (Phi) is 6.19. The van der Waals surface area contributed by atoms with Crippen LogP contribution in [0, 0.1) is 18.7 Å². The monoisotopic (exact) mass is 479 g/mol. The van der Waals surface area contributed by atoms with Crippen molar-refractivity contribution in [2.24, 2.45) is 5.92 Å². The van der Waals surface area contributed by atoms with Gasteiger partial charge in [-0.3, -0.25) is 4.79 Å². The average Bonchev–Trinajstić information content (AvgIpc) is 3.43. The molecule has 0 spiro atoms. The summed E-state index contributed by atoms with van der Waals surface area (Å²) in [5, 5.41) is 8.50. The normalized spacial score (nSPS) is 16.1. The maximum absolute atomic E-state index is 13.8. The van der Waals surface area contributed by atoms with Crippen LogP contribution in [0.2, 0.25) is 0 Å². The summed E-state index contributed by atoms with van der Waals surface area (Å²) in [6.07, 6.45) is 1.78. The molecule has 1 aliphatic heterocycles. The third-order valence-electron chi connectivity index (χ3n) is 6.12. The van der Waals surface area contributed by atoms with E-state index in [9.17, 15) is 9.18 Å². The first-order valence-electron chi connectivity index (χ1n) is 11.3. The zero-order valence-electron chi connectivity index (χ0n) is 19.1. The lowest BCUT2D eigenvalue weighted by Gasteiger charge is -2.31. The summed E-state index contributed by atoms with van der Waals surface area (Å²) in [5.74, 6) is 0.446. The second kappa shape index (κ2) is 9.42. The number of nitrogens with one attached hydrogen (secondary N) is 1. The lowest BCUT2D eigenvalue weighted by atomic mass is 9.97. The van der Waals surface area contributed by atoms with E-state index in [-0.39, 0.29) is 17.6 Å². The third kappa shape index (κ3) is 4.48. The molecule has 1 N–H and O–H groups in total. The number of benzene rings is 2. The standard InChI is InChI=1S/C25H26FN5O2S/c1-16-22-23(31(29-16)20-7-3-6-19(26)13-20)28-25(34-22)30-12-4-5-18(15-30)24(32)27-14-17-8-10-21(33-2)11-9-17/h3,6-11,13,18H,4-5,12,14-15H2,1-2H3,(H,27,32). The molecule has 0 saturated carbocycles. The number of methoxy groups -OCH3 is 1. The molecule has 5 rings (SSSR count). The molecule has 0 aliphatic carbocycles. The summed E-state index contributed by atoms with van der Waals surface area (Å²) in [6.45, 7) is 3.90. The minimum atomic E-state index is -0.311. The Labute approximate surface area is 201 Å². The lowest BCUT2D eigenvalue weighted by molar-refractivity contribution is -0.125. The number of carbonyl (C=O) groups is 1. The first kappa shape index (κ1) is 22.3. The Hall–Kier alpha value is -3.46. The van der Waals surface area contributed by atoms with Crippen molar-refractivity contribution in [2.45, 2.75) is 26.3 Å². The highest BCUT2D eigenvalue weighted by Gasteiger charge is 2.28. The highest BCUT2D eigenvalue weighted by molar-refractivity contribution is 7.22. The Morgan fingerprint density at radius 1 is 1.26 bits per heavy atom. The van der Waals surface area contributed by atoms with E-state index < -0.39 is 0 Å². The van der Waals surface area contributed by atoms with E-state index in [0.29, 0.717) is 24.4 Å². The first-order valence-corrected chi connectivity index (χ1v) is 12.1. The molecule has 34 heavy (non-hydrogen) atoms. The van der Waals surface area contributed by atoms with E-state index in [0.717, 1.165) is 46.2 Å². The summed E-state index contributed by atoms with van der Waals surface area (Å²) in [5.41, 5.74) is 3.25. The van der Waals surface area contributed by atoms with Gasteiger partial charge in [0.2, 0.25) is 5.91 Å². The van der Waals surface area contributed by atoms with Crippen LogP contribution >= 0.6 is 11.3 Å². The number of hydrogen-bond donors (Lipinski definition) is 1. The van der Waals surface area contributed by atoms with Gasteiger partial charge < -0.3 is 15.0 Å². The van der Waals surface area contributed by atoms with E-state index in [1.807, 2.05) is 37.3 Å². The van der Waals surface area contributed by atoms with Gasteiger partial charge in [-0.15, -0.1) is 0 Å². The molecule has 3 heterocycles. The number of aromatic nitrogens is 3. The van der Waals surface area contributed by atoms with Crippen molar-refractivity contribution >= 4 is 32.7 Å². The van der Waals surface area contributed by atoms with Crippen molar-refractivity contribution < 1.29 is 13.9 Å². The fraction of sp³-hybridized carbons (Fsp3) is 0.320. The van der Waals surface area contributed by atoms with Crippen LogP contribution in [0.25, 0.3) is 16.0 Å². The molecule has 0 radical (unpaired) electrons. The van der Waals surface area contributed by atoms with Crippen LogP contribution in [0.4, 0.5) is 9.52 Å². The number of aryl methyl sites for hydroxylation is 1. The number of hydrogen-bond acceptors (Lipinski definition) is 6. The van der Waals surface area contributed by atoms with Crippen LogP contribution in [0.15, 0.2) is 48.5 Å². The Morgan fingerprint density at radius 2 is 2.09 bits per heavy atom. The van der Waals surface area contributed by atoms with E-state index in [1.165, 1.54) is 12.1 Å². The molecule has 176 valence electrons. The van der Waals surface area contributed by atoms with Crippen LogP contribution in [-0.4, -0.2) is 40.9 Å². The predicted molar refractivity (Wildman–Crippen MR) is 131 cm³/mol. The van der Waals surface area contributed by atoms with Crippen LogP contribution < -0.4 is 15.0 Å². The largest absolute Gasteiger partial charge is 0.497 e. The number of rotatable bonds is 6. The Balaban J connectivity index is 1.29. The van der Waals surface area contributed by atoms with Crippen molar-refractivity contribution in [3.05, 3.63) is 65.6 Å². The molecule has 4 aromatic rings. The maximum Gasteiger partial charge on any atom is 0.225 e. The summed E-state index contributed by atoms with van der Waals surface area (Å²) >= 11 is 1.57. The van der Waals surface area contributed by atoms with E-state index >= 15 is 0 Å². The SMILES string of the molecule is COc1ccc(CNC(=O)C2CCCN(c3nc4c(s3)c(C)nn4-c3cccc(F)c3)C2)cc1. The number of amides is 1. The molecule has 1 atom stereocenters. The number of anilines is 1. The third-order valence-corrected chi connectivity index (χ3v) is 7.33. The fourth-order valence-electron chi connectivity index (χ4n) is 4.29. The molecule has 1 aliphatic rings. The summed E-state index contributed by atoms with van der Waals surface area (Å²) in [4.78, 5) is 19.9. The molecular formula is C25H26FN5O2S. The van der Waals surface area contributed by atoms with E-state index in [1.54, 1.807) is 29.2 Å². The molecule has 2 aromatic carbocycles. The van der Waals surface area contributed by atoms with E-state index in [4.69, 9.17) is 9.72 Å². The quantitative estimate of drug-likeness (QED) is 0.442. The zero-order chi connectivity index (χ0) is 23.7. The van der Waals surface area contributed by atoms with Gasteiger partial charge >= 0.3 is 0 Å². The topological polar surface area (TPSA) is 72.3 Å². The molecular weight excluding hydrogens is 453 g/mol. The molecule has 2 aromatic heterocycles. The van der Waals surface area contributed by atoms with Crippen molar-refractivity contribution in [3.63, 3.8) is 0 Å². The number of halogens is 1.